The summed E-state index contributed by atoms with van der Waals surface area (Å²) in [5, 5.41) is 1.92. The van der Waals surface area contributed by atoms with E-state index in [1.54, 1.807) is 11.8 Å². The molecule has 0 aliphatic carbocycles. The van der Waals surface area contributed by atoms with Gasteiger partial charge in [0.25, 0.3) is 0 Å². The molecule has 0 amide bonds. The van der Waals surface area contributed by atoms with E-state index >= 15 is 0 Å². The highest BCUT2D eigenvalue weighted by atomic mass is 32.2. The van der Waals surface area contributed by atoms with E-state index in [1.807, 2.05) is 5.41 Å². The second-order valence-electron chi connectivity index (χ2n) is 3.65. The van der Waals surface area contributed by atoms with Crippen LogP contribution in [0.2, 0.25) is 0 Å². The number of benzene rings is 1. The molecule has 0 saturated heterocycles. The lowest BCUT2D eigenvalue weighted by molar-refractivity contribution is 1.14. The zero-order chi connectivity index (χ0) is 10.3. The van der Waals surface area contributed by atoms with Gasteiger partial charge in [-0.1, -0.05) is 11.8 Å². The van der Waals surface area contributed by atoms with Crippen molar-refractivity contribution < 1.29 is 0 Å². The van der Waals surface area contributed by atoms with Gasteiger partial charge in [0.05, 0.1) is 5.69 Å². The van der Waals surface area contributed by atoms with Crippen molar-refractivity contribution in [2.24, 2.45) is 4.99 Å². The number of hydrogen-bond donors (Lipinski definition) is 0. The summed E-state index contributed by atoms with van der Waals surface area (Å²) in [6.45, 7) is 8.65. The van der Waals surface area contributed by atoms with Crippen molar-refractivity contribution in [1.82, 2.24) is 0 Å². The zero-order valence-corrected chi connectivity index (χ0v) is 9.75. The fourth-order valence-corrected chi connectivity index (χ4v) is 2.58. The molecule has 1 aromatic rings. The van der Waals surface area contributed by atoms with Crippen molar-refractivity contribution in [2.45, 2.75) is 32.6 Å². The molecule has 0 bridgehead atoms. The number of thioether (sulfide) groups is 1. The lowest BCUT2D eigenvalue weighted by atomic mass is 9.98. The van der Waals surface area contributed by atoms with Crippen molar-refractivity contribution in [2.75, 3.05) is 0 Å². The van der Waals surface area contributed by atoms with Gasteiger partial charge in [-0.2, -0.15) is 0 Å². The first-order chi connectivity index (χ1) is 6.63. The Hall–Kier alpha value is -0.980. The summed E-state index contributed by atoms with van der Waals surface area (Å²) in [6, 6.07) is 0. The van der Waals surface area contributed by atoms with Crippen LogP contribution in [0.4, 0.5) is 5.69 Å². The molecule has 14 heavy (non-hydrogen) atoms. The van der Waals surface area contributed by atoms with Crippen LogP contribution in [0, 0.1) is 27.7 Å². The van der Waals surface area contributed by atoms with Gasteiger partial charge in [0.15, 0.2) is 0 Å². The average molecular weight is 203 g/mol. The van der Waals surface area contributed by atoms with E-state index < -0.39 is 0 Å². The molecule has 1 aliphatic rings. The number of aliphatic imine (C=N–C) groups is 1. The first kappa shape index (κ1) is 9.57. The Morgan fingerprint density at radius 2 is 1.64 bits per heavy atom. The van der Waals surface area contributed by atoms with Crippen LogP contribution >= 0.6 is 11.8 Å². The van der Waals surface area contributed by atoms with Crippen molar-refractivity contribution in [3.05, 3.63) is 27.7 Å². The maximum Gasteiger partial charge on any atom is 0.0903 e. The molecule has 0 N–H and O–H groups in total. The standard InChI is InChI=1S/C12H13NS/c1-7-8(2)10(4)12-11(9(7)3)13-5-6-14-12/h6H,1-4H3. The summed E-state index contributed by atoms with van der Waals surface area (Å²) >= 11 is 1.72. The molecule has 1 nitrogen and oxygen atoms in total. The topological polar surface area (TPSA) is 12.4 Å². The van der Waals surface area contributed by atoms with Crippen molar-refractivity contribution in [3.8, 4) is 0 Å². The lowest BCUT2D eigenvalue weighted by Gasteiger charge is -2.17. The Morgan fingerprint density at radius 3 is 2.36 bits per heavy atom. The van der Waals surface area contributed by atoms with Crippen LogP contribution in [0.1, 0.15) is 22.3 Å². The van der Waals surface area contributed by atoms with Crippen molar-refractivity contribution in [3.63, 3.8) is 0 Å². The molecule has 2 heteroatoms. The first-order valence-electron chi connectivity index (χ1n) is 4.68. The second-order valence-corrected chi connectivity index (χ2v) is 4.53. The number of hydrogen-bond acceptors (Lipinski definition) is 2. The van der Waals surface area contributed by atoms with Gasteiger partial charge in [0.1, 0.15) is 0 Å². The van der Waals surface area contributed by atoms with E-state index in [1.165, 1.54) is 27.1 Å². The van der Waals surface area contributed by atoms with E-state index in [9.17, 15) is 0 Å². The summed E-state index contributed by atoms with van der Waals surface area (Å²) in [5.41, 5.74) is 6.50. The van der Waals surface area contributed by atoms with E-state index in [2.05, 4.69) is 38.6 Å². The Morgan fingerprint density at radius 1 is 1.00 bits per heavy atom. The molecule has 0 atom stereocenters. The summed E-state index contributed by atoms with van der Waals surface area (Å²) in [4.78, 5) is 5.62. The fourth-order valence-electron chi connectivity index (χ4n) is 1.71. The maximum absolute atomic E-state index is 4.33. The molecule has 1 heterocycles. The summed E-state index contributed by atoms with van der Waals surface area (Å²) in [6.07, 6.45) is 0. The van der Waals surface area contributed by atoms with Gasteiger partial charge < -0.3 is 0 Å². The minimum atomic E-state index is 1.11. The monoisotopic (exact) mass is 203 g/mol. The predicted octanol–water partition coefficient (Wildman–Crippen LogP) is 3.84. The smallest absolute Gasteiger partial charge is 0.0903 e. The summed E-state index contributed by atoms with van der Waals surface area (Å²) < 4.78 is 0. The first-order valence-corrected chi connectivity index (χ1v) is 5.56. The Balaban J connectivity index is 2.84. The third kappa shape index (κ3) is 1.23. The summed E-state index contributed by atoms with van der Waals surface area (Å²) in [7, 11) is 0. The molecule has 0 fully saturated rings. The number of nitrogens with zero attached hydrogens (tertiary/aromatic N) is 1. The predicted molar refractivity (Wildman–Crippen MR) is 62.9 cm³/mol. The molecule has 0 saturated carbocycles. The molecule has 0 aromatic heterocycles. The SMILES string of the molecule is Cc1c(C)c(C)c2c(c1C)N=C=CS2. The minimum absolute atomic E-state index is 1.11. The van der Waals surface area contributed by atoms with Gasteiger partial charge in [-0.05, 0) is 55.8 Å². The van der Waals surface area contributed by atoms with Gasteiger partial charge in [-0.25, -0.2) is 4.99 Å². The second kappa shape index (κ2) is 3.30. The van der Waals surface area contributed by atoms with Gasteiger partial charge in [-0.3, -0.25) is 0 Å². The minimum Gasteiger partial charge on any atom is -0.204 e. The van der Waals surface area contributed by atoms with E-state index in [4.69, 9.17) is 0 Å². The molecule has 0 unspecified atom stereocenters. The Bertz CT molecular complexity index is 466. The zero-order valence-electron chi connectivity index (χ0n) is 8.93. The van der Waals surface area contributed by atoms with Crippen molar-refractivity contribution in [1.29, 1.82) is 0 Å². The highest BCUT2D eigenvalue weighted by Gasteiger charge is 2.15. The van der Waals surface area contributed by atoms with Gasteiger partial charge in [-0.15, -0.1) is 0 Å². The van der Waals surface area contributed by atoms with Crippen LogP contribution < -0.4 is 0 Å². The van der Waals surface area contributed by atoms with Crippen LogP contribution in [0.5, 0.6) is 0 Å². The molecule has 0 radical (unpaired) electrons. The highest BCUT2D eigenvalue weighted by Crippen LogP contribution is 2.40. The van der Waals surface area contributed by atoms with Crippen LogP contribution in [-0.4, -0.2) is 5.87 Å². The molecule has 72 valence electrons. The third-order valence-electron chi connectivity index (χ3n) is 3.00. The van der Waals surface area contributed by atoms with Crippen LogP contribution in [0.25, 0.3) is 0 Å². The van der Waals surface area contributed by atoms with E-state index in [-0.39, 0.29) is 0 Å². The molecule has 1 aliphatic heterocycles. The van der Waals surface area contributed by atoms with Gasteiger partial charge in [0.2, 0.25) is 0 Å². The summed E-state index contributed by atoms with van der Waals surface area (Å²) in [5.74, 6) is 2.92. The normalized spacial score (nSPS) is 13.1. The van der Waals surface area contributed by atoms with E-state index in [0.717, 1.165) is 5.69 Å². The maximum atomic E-state index is 4.33. The Labute approximate surface area is 88.9 Å². The number of fused-ring (bicyclic) bond motifs is 1. The highest BCUT2D eigenvalue weighted by molar-refractivity contribution is 8.02. The van der Waals surface area contributed by atoms with Crippen LogP contribution in [0.15, 0.2) is 15.3 Å². The molecule has 2 rings (SSSR count). The van der Waals surface area contributed by atoms with Gasteiger partial charge in [0, 0.05) is 10.3 Å². The fraction of sp³-hybridized carbons (Fsp3) is 0.333. The van der Waals surface area contributed by atoms with E-state index in [0.29, 0.717) is 0 Å². The van der Waals surface area contributed by atoms with Gasteiger partial charge >= 0.3 is 0 Å². The van der Waals surface area contributed by atoms with Crippen molar-refractivity contribution >= 4 is 23.3 Å². The quantitative estimate of drug-likeness (QED) is 0.624. The largest absolute Gasteiger partial charge is 0.204 e. The Kier molecular flexibility index (Phi) is 2.26. The number of rotatable bonds is 0. The molecule has 0 spiro atoms. The molecular formula is C12H13NS. The molecule has 1 aromatic carbocycles. The lowest BCUT2D eigenvalue weighted by Crippen LogP contribution is -1.95. The average Bonchev–Trinajstić information content (AvgIpc) is 2.23. The molecular weight excluding hydrogens is 190 g/mol. The van der Waals surface area contributed by atoms with Crippen LogP contribution in [-0.2, 0) is 0 Å². The third-order valence-corrected chi connectivity index (χ3v) is 3.96. The van der Waals surface area contributed by atoms with Crippen LogP contribution in [0.3, 0.4) is 0 Å².